The third kappa shape index (κ3) is 2.90. The molecule has 1 N–H and O–H groups in total. The Kier molecular flexibility index (Phi) is 4.50. The van der Waals surface area contributed by atoms with E-state index in [4.69, 9.17) is 4.74 Å². The molecule has 2 fully saturated rings. The van der Waals surface area contributed by atoms with Gasteiger partial charge >= 0.3 is 0 Å². The monoisotopic (exact) mass is 303 g/mol. The summed E-state index contributed by atoms with van der Waals surface area (Å²) < 4.78 is 5.97. The molecule has 1 amide bonds. The van der Waals surface area contributed by atoms with Crippen LogP contribution in [0.5, 0.6) is 0 Å². The van der Waals surface area contributed by atoms with E-state index in [0.717, 1.165) is 24.8 Å². The lowest BCUT2D eigenvalue weighted by atomic mass is 9.98. The smallest absolute Gasteiger partial charge is 0.228 e. The van der Waals surface area contributed by atoms with Crippen LogP contribution in [0, 0.1) is 12.8 Å². The molecule has 22 heavy (non-hydrogen) atoms. The van der Waals surface area contributed by atoms with Gasteiger partial charge in [0.25, 0.3) is 0 Å². The normalized spacial score (nSPS) is 32.2. The first-order valence-corrected chi connectivity index (χ1v) is 8.23. The van der Waals surface area contributed by atoms with Gasteiger partial charge in [-0.1, -0.05) is 24.3 Å². The lowest BCUT2D eigenvalue weighted by Gasteiger charge is -2.40. The number of rotatable bonds is 2. The van der Waals surface area contributed by atoms with Crippen LogP contribution in [0.25, 0.3) is 0 Å². The highest BCUT2D eigenvalue weighted by Gasteiger charge is 2.39. The molecule has 0 bridgehead atoms. The number of carbonyl (C=O) groups is 1. The standard InChI is InChI=1S/C18H25NO3/c1-12-6-3-4-7-14(12)17-10-19(13(2)11-22-17)18(21)15-8-5-9-16(15)20/h3-4,6-7,13,15-17,20H,5,8-11H2,1-2H3. The zero-order valence-electron chi connectivity index (χ0n) is 13.4. The van der Waals surface area contributed by atoms with E-state index in [0.29, 0.717) is 13.2 Å². The Morgan fingerprint density at radius 2 is 2.09 bits per heavy atom. The van der Waals surface area contributed by atoms with Crippen LogP contribution >= 0.6 is 0 Å². The van der Waals surface area contributed by atoms with Gasteiger partial charge in [0.15, 0.2) is 0 Å². The fourth-order valence-electron chi connectivity index (χ4n) is 3.64. The summed E-state index contributed by atoms with van der Waals surface area (Å²) in [6, 6.07) is 8.24. The SMILES string of the molecule is Cc1ccccc1C1CN(C(=O)C2CCCC2O)C(C)CO1. The van der Waals surface area contributed by atoms with E-state index >= 15 is 0 Å². The zero-order chi connectivity index (χ0) is 15.7. The summed E-state index contributed by atoms with van der Waals surface area (Å²) in [4.78, 5) is 14.7. The largest absolute Gasteiger partial charge is 0.392 e. The molecular formula is C18H25NO3. The van der Waals surface area contributed by atoms with Gasteiger partial charge in [-0.05, 0) is 44.2 Å². The first-order valence-electron chi connectivity index (χ1n) is 8.23. The van der Waals surface area contributed by atoms with Gasteiger partial charge < -0.3 is 14.7 Å². The van der Waals surface area contributed by atoms with E-state index in [1.54, 1.807) is 0 Å². The third-order valence-electron chi connectivity index (χ3n) is 5.05. The summed E-state index contributed by atoms with van der Waals surface area (Å²) in [6.07, 6.45) is 1.95. The van der Waals surface area contributed by atoms with Crippen molar-refractivity contribution in [1.82, 2.24) is 4.90 Å². The number of hydrogen-bond acceptors (Lipinski definition) is 3. The van der Waals surface area contributed by atoms with Crippen molar-refractivity contribution in [1.29, 1.82) is 0 Å². The molecule has 1 aromatic carbocycles. The molecule has 1 aliphatic heterocycles. The van der Waals surface area contributed by atoms with Crippen LogP contribution < -0.4 is 0 Å². The van der Waals surface area contributed by atoms with Crippen LogP contribution in [0.4, 0.5) is 0 Å². The van der Waals surface area contributed by atoms with Gasteiger partial charge in [-0.2, -0.15) is 0 Å². The predicted molar refractivity (Wildman–Crippen MR) is 84.4 cm³/mol. The number of aryl methyl sites for hydroxylation is 1. The molecule has 0 aromatic heterocycles. The van der Waals surface area contributed by atoms with E-state index in [-0.39, 0.29) is 24.0 Å². The van der Waals surface area contributed by atoms with Crippen LogP contribution in [0.3, 0.4) is 0 Å². The number of morpholine rings is 1. The average Bonchev–Trinajstić information content (AvgIpc) is 2.94. The van der Waals surface area contributed by atoms with Crippen LogP contribution in [0.1, 0.15) is 43.4 Å². The van der Waals surface area contributed by atoms with E-state index < -0.39 is 6.10 Å². The van der Waals surface area contributed by atoms with Crippen molar-refractivity contribution in [2.45, 2.75) is 51.4 Å². The molecule has 0 radical (unpaired) electrons. The highest BCUT2D eigenvalue weighted by atomic mass is 16.5. The Bertz CT molecular complexity index is 545. The Balaban J connectivity index is 1.76. The second-order valence-electron chi connectivity index (χ2n) is 6.62. The van der Waals surface area contributed by atoms with E-state index in [1.165, 1.54) is 5.56 Å². The number of aliphatic hydroxyl groups is 1. The molecule has 0 spiro atoms. The van der Waals surface area contributed by atoms with Gasteiger partial charge in [0.05, 0.1) is 31.2 Å². The maximum absolute atomic E-state index is 12.8. The number of ether oxygens (including phenoxy) is 1. The van der Waals surface area contributed by atoms with E-state index in [2.05, 4.69) is 19.1 Å². The highest BCUT2D eigenvalue weighted by molar-refractivity contribution is 5.80. The van der Waals surface area contributed by atoms with Crippen molar-refractivity contribution in [3.63, 3.8) is 0 Å². The fraction of sp³-hybridized carbons (Fsp3) is 0.611. The van der Waals surface area contributed by atoms with Gasteiger partial charge in [-0.3, -0.25) is 4.79 Å². The summed E-state index contributed by atoms with van der Waals surface area (Å²) in [5.74, 6) is -0.127. The molecular weight excluding hydrogens is 278 g/mol. The number of carbonyl (C=O) groups excluding carboxylic acids is 1. The molecule has 1 aliphatic carbocycles. The minimum Gasteiger partial charge on any atom is -0.392 e. The second-order valence-corrected chi connectivity index (χ2v) is 6.62. The van der Waals surface area contributed by atoms with Gasteiger partial charge in [0, 0.05) is 0 Å². The lowest BCUT2D eigenvalue weighted by Crippen LogP contribution is -2.51. The molecule has 4 nitrogen and oxygen atoms in total. The van der Waals surface area contributed by atoms with Crippen LogP contribution in [0.2, 0.25) is 0 Å². The predicted octanol–water partition coefficient (Wildman–Crippen LogP) is 2.44. The summed E-state index contributed by atoms with van der Waals surface area (Å²) in [7, 11) is 0. The Morgan fingerprint density at radius 1 is 1.32 bits per heavy atom. The first-order chi connectivity index (χ1) is 10.6. The number of hydrogen-bond donors (Lipinski definition) is 1. The number of aliphatic hydroxyl groups excluding tert-OH is 1. The summed E-state index contributed by atoms with van der Waals surface area (Å²) in [6.45, 7) is 5.22. The molecule has 4 heteroatoms. The molecule has 1 saturated carbocycles. The lowest BCUT2D eigenvalue weighted by molar-refractivity contribution is -0.151. The number of amides is 1. The van der Waals surface area contributed by atoms with E-state index in [9.17, 15) is 9.90 Å². The van der Waals surface area contributed by atoms with Crippen molar-refractivity contribution in [3.05, 3.63) is 35.4 Å². The minimum atomic E-state index is -0.473. The van der Waals surface area contributed by atoms with Gasteiger partial charge in [0.2, 0.25) is 5.91 Å². The Morgan fingerprint density at radius 3 is 2.77 bits per heavy atom. The fourth-order valence-corrected chi connectivity index (χ4v) is 3.64. The van der Waals surface area contributed by atoms with Gasteiger partial charge in [0.1, 0.15) is 6.10 Å². The Hall–Kier alpha value is -1.39. The summed E-state index contributed by atoms with van der Waals surface area (Å²) >= 11 is 0. The molecule has 1 saturated heterocycles. The molecule has 120 valence electrons. The Labute approximate surface area is 132 Å². The summed E-state index contributed by atoms with van der Waals surface area (Å²) in [5.41, 5.74) is 2.34. The quantitative estimate of drug-likeness (QED) is 0.913. The van der Waals surface area contributed by atoms with Gasteiger partial charge in [-0.15, -0.1) is 0 Å². The molecule has 1 heterocycles. The maximum Gasteiger partial charge on any atom is 0.228 e. The molecule has 2 aliphatic rings. The van der Waals surface area contributed by atoms with Crippen molar-refractivity contribution in [2.75, 3.05) is 13.2 Å². The molecule has 4 atom stereocenters. The van der Waals surface area contributed by atoms with E-state index in [1.807, 2.05) is 24.0 Å². The van der Waals surface area contributed by atoms with Crippen molar-refractivity contribution in [3.8, 4) is 0 Å². The van der Waals surface area contributed by atoms with Crippen molar-refractivity contribution < 1.29 is 14.6 Å². The average molecular weight is 303 g/mol. The van der Waals surface area contributed by atoms with Crippen LogP contribution in [-0.2, 0) is 9.53 Å². The zero-order valence-corrected chi connectivity index (χ0v) is 13.4. The highest BCUT2D eigenvalue weighted by Crippen LogP contribution is 2.32. The van der Waals surface area contributed by atoms with Crippen molar-refractivity contribution in [2.24, 2.45) is 5.92 Å². The minimum absolute atomic E-state index is 0.0695. The third-order valence-corrected chi connectivity index (χ3v) is 5.05. The number of nitrogens with zero attached hydrogens (tertiary/aromatic N) is 1. The van der Waals surface area contributed by atoms with Gasteiger partial charge in [-0.25, -0.2) is 0 Å². The number of benzene rings is 1. The molecule has 1 aromatic rings. The summed E-state index contributed by atoms with van der Waals surface area (Å²) in [5, 5.41) is 10.0. The maximum atomic E-state index is 12.8. The first kappa shape index (κ1) is 15.5. The molecule has 4 unspecified atom stereocenters. The topological polar surface area (TPSA) is 49.8 Å². The van der Waals surface area contributed by atoms with Crippen LogP contribution in [-0.4, -0.2) is 41.2 Å². The van der Waals surface area contributed by atoms with Crippen LogP contribution in [0.15, 0.2) is 24.3 Å². The molecule has 3 rings (SSSR count). The second kappa shape index (κ2) is 6.39. The van der Waals surface area contributed by atoms with Crippen molar-refractivity contribution >= 4 is 5.91 Å².